The zero-order valence-electron chi connectivity index (χ0n) is 13.1. The van der Waals surface area contributed by atoms with E-state index in [1.807, 2.05) is 0 Å². The lowest BCUT2D eigenvalue weighted by Crippen LogP contribution is -2.32. The minimum Gasteiger partial charge on any atom is -0.274 e. The van der Waals surface area contributed by atoms with Gasteiger partial charge in [-0.1, -0.05) is 38.2 Å². The summed E-state index contributed by atoms with van der Waals surface area (Å²) >= 11 is 0.963. The quantitative estimate of drug-likeness (QED) is 0.900. The molecule has 0 spiro atoms. The monoisotopic (exact) mass is 365 g/mol. The number of aromatic nitrogens is 2. The molecule has 4 rings (SSSR count). The van der Waals surface area contributed by atoms with Gasteiger partial charge in [-0.05, 0) is 30.4 Å². The van der Waals surface area contributed by atoms with Crippen LogP contribution < -0.4 is 4.72 Å². The van der Waals surface area contributed by atoms with Gasteiger partial charge in [0.15, 0.2) is 0 Å². The summed E-state index contributed by atoms with van der Waals surface area (Å²) in [6.07, 6.45) is 6.89. The molecule has 2 atom stereocenters. The van der Waals surface area contributed by atoms with Gasteiger partial charge in [0.2, 0.25) is 5.91 Å². The lowest BCUT2D eigenvalue weighted by molar-refractivity contribution is -0.121. The van der Waals surface area contributed by atoms with E-state index in [2.05, 4.69) is 13.5 Å². The Morgan fingerprint density at radius 3 is 2.75 bits per heavy atom. The fraction of sp³-hybridized carbons (Fsp3) is 0.562. The fourth-order valence-electron chi connectivity index (χ4n) is 3.86. The number of sulfonamides is 1. The van der Waals surface area contributed by atoms with Crippen molar-refractivity contribution in [3.05, 3.63) is 18.2 Å². The second kappa shape index (κ2) is 6.07. The molecule has 8 heteroatoms. The Hall–Kier alpha value is -1.54. The van der Waals surface area contributed by atoms with Gasteiger partial charge in [0, 0.05) is 5.92 Å². The van der Waals surface area contributed by atoms with Crippen LogP contribution in [0.15, 0.2) is 23.1 Å². The molecule has 1 amide bonds. The Kier molecular flexibility index (Phi) is 4.04. The number of nitrogens with one attached hydrogen (secondary N) is 1. The van der Waals surface area contributed by atoms with Crippen molar-refractivity contribution in [3.63, 3.8) is 0 Å². The number of carbonyl (C=O) groups is 1. The molecule has 2 fully saturated rings. The summed E-state index contributed by atoms with van der Waals surface area (Å²) in [5.41, 5.74) is 0.851. The molecule has 1 aromatic carbocycles. The van der Waals surface area contributed by atoms with Gasteiger partial charge >= 0.3 is 0 Å². The maximum Gasteiger partial charge on any atom is 0.266 e. The van der Waals surface area contributed by atoms with E-state index in [9.17, 15) is 13.2 Å². The molecular formula is C16H19N3O3S2. The highest BCUT2D eigenvalue weighted by molar-refractivity contribution is 7.90. The zero-order valence-corrected chi connectivity index (χ0v) is 14.8. The van der Waals surface area contributed by atoms with Crippen molar-refractivity contribution in [2.45, 2.75) is 43.4 Å². The average molecular weight is 365 g/mol. The van der Waals surface area contributed by atoms with Crippen LogP contribution in [0, 0.1) is 17.8 Å². The number of amides is 1. The average Bonchev–Trinajstić information content (AvgIpc) is 3.24. The van der Waals surface area contributed by atoms with Gasteiger partial charge in [-0.3, -0.25) is 4.79 Å². The van der Waals surface area contributed by atoms with Crippen molar-refractivity contribution in [3.8, 4) is 0 Å². The Bertz CT molecular complexity index is 872. The third-order valence-electron chi connectivity index (χ3n) is 5.21. The van der Waals surface area contributed by atoms with Crippen LogP contribution >= 0.6 is 11.7 Å². The highest BCUT2D eigenvalue weighted by Crippen LogP contribution is 2.49. The van der Waals surface area contributed by atoms with Gasteiger partial charge in [-0.25, -0.2) is 13.1 Å². The van der Waals surface area contributed by atoms with Gasteiger partial charge in [0.05, 0.1) is 11.7 Å². The number of rotatable bonds is 4. The smallest absolute Gasteiger partial charge is 0.266 e. The zero-order chi connectivity index (χ0) is 16.7. The summed E-state index contributed by atoms with van der Waals surface area (Å²) < 4.78 is 35.5. The molecule has 24 heavy (non-hydrogen) atoms. The molecule has 2 aliphatic rings. The van der Waals surface area contributed by atoms with E-state index in [1.54, 1.807) is 12.1 Å². The van der Waals surface area contributed by atoms with Crippen molar-refractivity contribution in [2.75, 3.05) is 0 Å². The Morgan fingerprint density at radius 1 is 1.17 bits per heavy atom. The predicted octanol–water partition coefficient (Wildman–Crippen LogP) is 2.71. The van der Waals surface area contributed by atoms with Gasteiger partial charge in [0.25, 0.3) is 10.0 Å². The number of nitrogens with zero attached hydrogens (tertiary/aromatic N) is 2. The summed E-state index contributed by atoms with van der Waals surface area (Å²) in [5.74, 6) is 0.419. The summed E-state index contributed by atoms with van der Waals surface area (Å²) in [7, 11) is -3.91. The molecule has 128 valence electrons. The van der Waals surface area contributed by atoms with E-state index in [0.717, 1.165) is 18.1 Å². The standard InChI is InChI=1S/C16H19N3O3S2/c20-16(12-9-11(12)10-5-2-1-3-6-10)19-24(21,22)14-8-4-7-13-15(14)18-23-17-13/h4,7-8,10-12H,1-3,5-6,9H2,(H,19,20)/t11-,12-/m1/s1. The molecule has 0 bridgehead atoms. The van der Waals surface area contributed by atoms with Crippen LogP contribution in [0.25, 0.3) is 11.0 Å². The maximum atomic E-state index is 12.6. The van der Waals surface area contributed by atoms with Gasteiger partial charge in [0.1, 0.15) is 15.9 Å². The minimum atomic E-state index is -3.91. The summed E-state index contributed by atoms with van der Waals surface area (Å²) in [4.78, 5) is 12.4. The Balaban J connectivity index is 1.48. The molecule has 0 aliphatic heterocycles. The van der Waals surface area contributed by atoms with Gasteiger partial charge in [-0.2, -0.15) is 8.75 Å². The van der Waals surface area contributed by atoms with Crippen molar-refractivity contribution in [1.29, 1.82) is 0 Å². The van der Waals surface area contributed by atoms with E-state index in [1.165, 1.54) is 38.2 Å². The highest BCUT2D eigenvalue weighted by Gasteiger charge is 2.48. The highest BCUT2D eigenvalue weighted by atomic mass is 32.2. The van der Waals surface area contributed by atoms with E-state index < -0.39 is 10.0 Å². The van der Waals surface area contributed by atoms with Crippen molar-refractivity contribution >= 4 is 38.7 Å². The van der Waals surface area contributed by atoms with Crippen LogP contribution in [0.1, 0.15) is 38.5 Å². The third-order valence-corrected chi connectivity index (χ3v) is 7.13. The molecule has 1 aromatic heterocycles. The third kappa shape index (κ3) is 2.93. The Morgan fingerprint density at radius 2 is 1.96 bits per heavy atom. The first kappa shape index (κ1) is 16.0. The molecular weight excluding hydrogens is 346 g/mol. The maximum absolute atomic E-state index is 12.6. The summed E-state index contributed by atoms with van der Waals surface area (Å²) in [6.45, 7) is 0. The van der Waals surface area contributed by atoms with E-state index in [-0.39, 0.29) is 16.7 Å². The minimum absolute atomic E-state index is 0.0250. The first-order chi connectivity index (χ1) is 11.6. The van der Waals surface area contributed by atoms with Gasteiger partial charge in [-0.15, -0.1) is 0 Å². The number of benzene rings is 1. The molecule has 6 nitrogen and oxygen atoms in total. The number of fused-ring (bicyclic) bond motifs is 1. The number of hydrogen-bond donors (Lipinski definition) is 1. The van der Waals surface area contributed by atoms with Crippen molar-refractivity contribution in [1.82, 2.24) is 13.5 Å². The first-order valence-corrected chi connectivity index (χ1v) is 10.6. The normalized spacial score (nSPS) is 24.8. The second-order valence-corrected chi connectivity index (χ2v) is 8.94. The largest absolute Gasteiger partial charge is 0.274 e. The summed E-state index contributed by atoms with van der Waals surface area (Å²) in [5, 5.41) is 0. The molecule has 2 saturated carbocycles. The van der Waals surface area contributed by atoms with Crippen LogP contribution in [0.4, 0.5) is 0 Å². The van der Waals surface area contributed by atoms with Crippen molar-refractivity contribution in [2.24, 2.45) is 17.8 Å². The van der Waals surface area contributed by atoms with Crippen LogP contribution in [0.5, 0.6) is 0 Å². The Labute approximate surface area is 145 Å². The fourth-order valence-corrected chi connectivity index (χ4v) is 5.66. The van der Waals surface area contributed by atoms with Crippen LogP contribution in [0.2, 0.25) is 0 Å². The van der Waals surface area contributed by atoms with Gasteiger partial charge < -0.3 is 0 Å². The first-order valence-electron chi connectivity index (χ1n) is 8.34. The number of hydrogen-bond acceptors (Lipinski definition) is 6. The van der Waals surface area contributed by atoms with E-state index in [0.29, 0.717) is 22.9 Å². The van der Waals surface area contributed by atoms with Crippen LogP contribution in [0.3, 0.4) is 0 Å². The molecule has 1 heterocycles. The van der Waals surface area contributed by atoms with Crippen molar-refractivity contribution < 1.29 is 13.2 Å². The molecule has 0 saturated heterocycles. The molecule has 0 unspecified atom stereocenters. The SMILES string of the molecule is O=C(NS(=O)(=O)c1cccc2nsnc12)[C@@H]1C[C@@H]1C1CCCCC1. The van der Waals surface area contributed by atoms with E-state index in [4.69, 9.17) is 0 Å². The van der Waals surface area contributed by atoms with Crippen LogP contribution in [-0.4, -0.2) is 23.1 Å². The molecule has 2 aromatic rings. The molecule has 0 radical (unpaired) electrons. The topological polar surface area (TPSA) is 89.0 Å². The molecule has 2 aliphatic carbocycles. The summed E-state index contributed by atoms with van der Waals surface area (Å²) in [6, 6.07) is 4.79. The van der Waals surface area contributed by atoms with E-state index >= 15 is 0 Å². The molecule has 1 N–H and O–H groups in total. The lowest BCUT2D eigenvalue weighted by Gasteiger charge is -2.21. The van der Waals surface area contributed by atoms with Crippen LogP contribution in [-0.2, 0) is 14.8 Å². The second-order valence-electron chi connectivity index (χ2n) is 6.76. The lowest BCUT2D eigenvalue weighted by atomic mass is 9.85. The predicted molar refractivity (Wildman–Crippen MR) is 90.9 cm³/mol. The number of carbonyl (C=O) groups excluding carboxylic acids is 1.